The number of aryl methyl sites for hydroxylation is 1. The number of carbonyl (C=O) groups is 1. The first kappa shape index (κ1) is 29.2. The summed E-state index contributed by atoms with van der Waals surface area (Å²) in [4.78, 5) is 13.8. The van der Waals surface area contributed by atoms with Crippen molar-refractivity contribution in [3.05, 3.63) is 35.9 Å². The predicted molar refractivity (Wildman–Crippen MR) is 137 cm³/mol. The molecule has 0 aromatic heterocycles. The molecule has 3 N–H and O–H groups in total. The molecule has 0 unspecified atom stereocenters. The van der Waals surface area contributed by atoms with Crippen LogP contribution in [0.3, 0.4) is 0 Å². The van der Waals surface area contributed by atoms with Crippen LogP contribution in [0.5, 0.6) is 11.5 Å². The fourth-order valence-electron chi connectivity index (χ4n) is 3.35. The van der Waals surface area contributed by atoms with Crippen LogP contribution in [0.25, 0.3) is 0 Å². The number of hydrogen-bond donors (Lipinski definition) is 3. The quantitative estimate of drug-likeness (QED) is 0.343. The van der Waals surface area contributed by atoms with E-state index in [-0.39, 0.29) is 35.1 Å². The maximum Gasteiger partial charge on any atom is 0.340 e. The van der Waals surface area contributed by atoms with E-state index in [4.69, 9.17) is 9.47 Å². The lowest BCUT2D eigenvalue weighted by atomic mass is 10.2. The molecule has 0 atom stereocenters. The first-order valence-electron chi connectivity index (χ1n) is 11.2. The Morgan fingerprint density at radius 2 is 1.44 bits per heavy atom. The summed E-state index contributed by atoms with van der Waals surface area (Å²) in [5, 5.41) is 9.33. The maximum absolute atomic E-state index is 13.2. The molecule has 0 aliphatic rings. The first-order chi connectivity index (χ1) is 16.8. The lowest BCUT2D eigenvalue weighted by molar-refractivity contribution is 0.246. The van der Waals surface area contributed by atoms with Gasteiger partial charge in [-0.25, -0.2) is 21.6 Å². The summed E-state index contributed by atoms with van der Waals surface area (Å²) in [6.07, 6.45) is 2.13. The van der Waals surface area contributed by atoms with Crippen LogP contribution in [0, 0.1) is 6.92 Å². The summed E-state index contributed by atoms with van der Waals surface area (Å²) in [5.74, 6) is 0.997. The van der Waals surface area contributed by atoms with Crippen molar-refractivity contribution in [3.8, 4) is 11.5 Å². The number of sulfone groups is 2. The van der Waals surface area contributed by atoms with E-state index in [1.54, 1.807) is 25.1 Å². The van der Waals surface area contributed by atoms with Crippen molar-refractivity contribution in [1.82, 2.24) is 5.43 Å². The Labute approximate surface area is 212 Å². The molecule has 36 heavy (non-hydrogen) atoms. The molecule has 0 fully saturated rings. The lowest BCUT2D eigenvalue weighted by Gasteiger charge is -2.25. The van der Waals surface area contributed by atoms with E-state index in [1.165, 1.54) is 17.0 Å². The van der Waals surface area contributed by atoms with Crippen LogP contribution < -0.4 is 25.2 Å². The van der Waals surface area contributed by atoms with Gasteiger partial charge < -0.3 is 14.6 Å². The third-order valence-electron chi connectivity index (χ3n) is 4.98. The van der Waals surface area contributed by atoms with Gasteiger partial charge in [-0.05, 0) is 44.9 Å². The fourth-order valence-corrected chi connectivity index (χ4v) is 5.83. The second-order valence-electron chi connectivity index (χ2n) is 7.97. The van der Waals surface area contributed by atoms with Crippen molar-refractivity contribution in [1.29, 1.82) is 0 Å². The molecule has 0 saturated carbocycles. The largest absolute Gasteiger partial charge is 0.494 e. The number of aliphatic hydroxyl groups excluding tert-OH is 1. The Bertz CT molecular complexity index is 1270. The van der Waals surface area contributed by atoms with Gasteiger partial charge in [0.1, 0.15) is 11.5 Å². The molecule has 0 saturated heterocycles. The minimum absolute atomic E-state index is 0.148. The number of rotatable bonds is 12. The molecular weight excluding hydrogens is 510 g/mol. The zero-order valence-corrected chi connectivity index (χ0v) is 22.6. The van der Waals surface area contributed by atoms with Gasteiger partial charge in [0.2, 0.25) is 0 Å². The molecule has 0 bridgehead atoms. The maximum atomic E-state index is 13.2. The molecule has 0 heterocycles. The molecule has 2 aromatic rings. The van der Waals surface area contributed by atoms with E-state index >= 15 is 0 Å². The zero-order chi connectivity index (χ0) is 27.1. The van der Waals surface area contributed by atoms with E-state index in [2.05, 4.69) is 10.9 Å². The predicted octanol–water partition coefficient (Wildman–Crippen LogP) is 2.52. The van der Waals surface area contributed by atoms with Gasteiger partial charge in [-0.1, -0.05) is 0 Å². The van der Waals surface area contributed by atoms with E-state index in [0.29, 0.717) is 36.0 Å². The Morgan fingerprint density at radius 3 is 1.92 bits per heavy atom. The van der Waals surface area contributed by atoms with Crippen molar-refractivity contribution in [2.45, 2.75) is 37.0 Å². The monoisotopic (exact) mass is 543 g/mol. The normalized spacial score (nSPS) is 11.6. The van der Waals surface area contributed by atoms with Crippen LogP contribution in [0.1, 0.15) is 25.8 Å². The Morgan fingerprint density at radius 1 is 0.917 bits per heavy atom. The Hall–Kier alpha value is -3.03. The standard InChI is InChI=1S/C23H33N3O8S2/c1-6-33-18-12-17(13-19(14-18)34-7-2)26(9-8-10-27)23(28)25-24-20-15-22(36(5,31)32)21(11-16(20)3)35(4,29)30/h11-15,24,27H,6-10H2,1-5H3,(H,25,28). The van der Waals surface area contributed by atoms with E-state index in [0.717, 1.165) is 12.5 Å². The number of benzene rings is 2. The summed E-state index contributed by atoms with van der Waals surface area (Å²) in [6.45, 7) is 6.06. The molecule has 0 aliphatic heterocycles. The summed E-state index contributed by atoms with van der Waals surface area (Å²) in [7, 11) is -7.70. The van der Waals surface area contributed by atoms with Crippen LogP contribution in [0.4, 0.5) is 16.2 Å². The number of aliphatic hydroxyl groups is 1. The van der Waals surface area contributed by atoms with Gasteiger partial charge in [0.05, 0.1) is 34.4 Å². The van der Waals surface area contributed by atoms with Gasteiger partial charge in [0.25, 0.3) is 0 Å². The lowest BCUT2D eigenvalue weighted by Crippen LogP contribution is -2.43. The summed E-state index contributed by atoms with van der Waals surface area (Å²) in [6, 6.07) is 6.84. The van der Waals surface area contributed by atoms with Crippen LogP contribution in [0.15, 0.2) is 40.1 Å². The number of anilines is 2. The second kappa shape index (κ2) is 12.3. The Kier molecular flexibility index (Phi) is 9.96. The van der Waals surface area contributed by atoms with Gasteiger partial charge in [-0.3, -0.25) is 15.8 Å². The number of carbonyl (C=O) groups excluding carboxylic acids is 1. The van der Waals surface area contributed by atoms with Crippen molar-refractivity contribution >= 4 is 37.1 Å². The smallest absolute Gasteiger partial charge is 0.340 e. The number of nitrogens with zero attached hydrogens (tertiary/aromatic N) is 1. The highest BCUT2D eigenvalue weighted by molar-refractivity contribution is 7.93. The zero-order valence-electron chi connectivity index (χ0n) is 21.0. The number of amides is 2. The minimum Gasteiger partial charge on any atom is -0.494 e. The third-order valence-corrected chi connectivity index (χ3v) is 7.38. The molecule has 0 aliphatic carbocycles. The molecule has 11 nitrogen and oxygen atoms in total. The molecule has 13 heteroatoms. The highest BCUT2D eigenvalue weighted by Gasteiger charge is 2.23. The van der Waals surface area contributed by atoms with Crippen LogP contribution in [-0.2, 0) is 19.7 Å². The van der Waals surface area contributed by atoms with Crippen LogP contribution in [0.2, 0.25) is 0 Å². The summed E-state index contributed by atoms with van der Waals surface area (Å²) in [5.41, 5.74) is 6.27. The van der Waals surface area contributed by atoms with Crippen molar-refractivity contribution in [2.24, 2.45) is 0 Å². The van der Waals surface area contributed by atoms with E-state index < -0.39 is 25.7 Å². The van der Waals surface area contributed by atoms with Crippen LogP contribution >= 0.6 is 0 Å². The minimum atomic E-state index is -3.88. The molecule has 2 rings (SSSR count). The molecule has 200 valence electrons. The first-order valence-corrected chi connectivity index (χ1v) is 15.0. The fraction of sp³-hybridized carbons (Fsp3) is 0.435. The number of hydrogen-bond acceptors (Lipinski definition) is 9. The van der Waals surface area contributed by atoms with Gasteiger partial charge in [0.15, 0.2) is 19.7 Å². The topological polar surface area (TPSA) is 151 Å². The average molecular weight is 544 g/mol. The van der Waals surface area contributed by atoms with E-state index in [1.807, 2.05) is 13.8 Å². The number of hydrazine groups is 1. The molecule has 2 aromatic carbocycles. The van der Waals surface area contributed by atoms with Crippen molar-refractivity contribution in [2.75, 3.05) is 49.2 Å². The average Bonchev–Trinajstić information content (AvgIpc) is 2.77. The molecule has 2 amide bonds. The van der Waals surface area contributed by atoms with E-state index in [9.17, 15) is 26.7 Å². The Balaban J connectivity index is 2.41. The number of urea groups is 1. The van der Waals surface area contributed by atoms with Crippen LogP contribution in [-0.4, -0.2) is 66.9 Å². The van der Waals surface area contributed by atoms with Gasteiger partial charge in [-0.2, -0.15) is 0 Å². The SMILES string of the molecule is CCOc1cc(OCC)cc(N(CCCO)C(=O)NNc2cc(S(C)(=O)=O)c(S(C)(=O)=O)cc2C)c1. The summed E-state index contributed by atoms with van der Waals surface area (Å²) < 4.78 is 59.9. The van der Waals surface area contributed by atoms with Gasteiger partial charge in [0, 0.05) is 43.9 Å². The number of nitrogens with one attached hydrogen (secondary N) is 2. The molecular formula is C23H33N3O8S2. The molecule has 0 radical (unpaired) electrons. The van der Waals surface area contributed by atoms with Gasteiger partial charge >= 0.3 is 6.03 Å². The van der Waals surface area contributed by atoms with Crippen molar-refractivity contribution < 1.29 is 36.2 Å². The highest BCUT2D eigenvalue weighted by Crippen LogP contribution is 2.30. The van der Waals surface area contributed by atoms with Crippen molar-refractivity contribution in [3.63, 3.8) is 0 Å². The second-order valence-corrected chi connectivity index (χ2v) is 11.9. The summed E-state index contributed by atoms with van der Waals surface area (Å²) >= 11 is 0. The number of ether oxygens (including phenoxy) is 2. The highest BCUT2D eigenvalue weighted by atomic mass is 32.2. The molecule has 0 spiro atoms. The van der Waals surface area contributed by atoms with Gasteiger partial charge in [-0.15, -0.1) is 0 Å². The third kappa shape index (κ3) is 7.73.